The lowest BCUT2D eigenvalue weighted by atomic mass is 10.1. The lowest BCUT2D eigenvalue weighted by Gasteiger charge is -2.23. The van der Waals surface area contributed by atoms with E-state index in [1.165, 1.54) is 0 Å². The molecule has 0 aromatic heterocycles. The maximum atomic E-state index is 9.39. The monoisotopic (exact) mass is 314 g/mol. The number of nitrogens with zero attached hydrogens (tertiary/aromatic N) is 3. The molecule has 1 aliphatic rings. The number of hydrazone groups is 1. The molecule has 6 heteroatoms. The molecule has 0 spiro atoms. The molecular weight excluding hydrogens is 280 g/mol. The Morgan fingerprint density at radius 1 is 1.23 bits per heavy atom. The molecule has 0 saturated heterocycles. The molecule has 0 amide bonds. The average molecular weight is 314 g/mol. The van der Waals surface area contributed by atoms with Gasteiger partial charge in [0.2, 0.25) is 5.90 Å². The van der Waals surface area contributed by atoms with Crippen LogP contribution in [0.4, 0.5) is 0 Å². The SMILES string of the molecule is CCCN(CCC)CCO/C1=N/N(C)CCCCCC1NO. The van der Waals surface area contributed by atoms with E-state index in [1.54, 1.807) is 0 Å². The highest BCUT2D eigenvalue weighted by Crippen LogP contribution is 2.10. The van der Waals surface area contributed by atoms with Crippen LogP contribution in [0.2, 0.25) is 0 Å². The van der Waals surface area contributed by atoms with Crippen molar-refractivity contribution < 1.29 is 9.94 Å². The summed E-state index contributed by atoms with van der Waals surface area (Å²) in [4.78, 5) is 2.42. The highest BCUT2D eigenvalue weighted by atomic mass is 16.5. The van der Waals surface area contributed by atoms with Gasteiger partial charge in [-0.2, -0.15) is 5.48 Å². The molecule has 22 heavy (non-hydrogen) atoms. The predicted octanol–water partition coefficient (Wildman–Crippen LogP) is 2.29. The van der Waals surface area contributed by atoms with Gasteiger partial charge < -0.3 is 9.94 Å². The molecule has 1 atom stereocenters. The molecule has 1 aliphatic heterocycles. The van der Waals surface area contributed by atoms with Gasteiger partial charge in [-0.15, -0.1) is 5.10 Å². The summed E-state index contributed by atoms with van der Waals surface area (Å²) in [6, 6.07) is -0.202. The summed E-state index contributed by atoms with van der Waals surface area (Å²) < 4.78 is 5.92. The summed E-state index contributed by atoms with van der Waals surface area (Å²) in [7, 11) is 1.96. The number of rotatable bonds is 8. The molecule has 0 saturated carbocycles. The van der Waals surface area contributed by atoms with Crippen LogP contribution in [0.3, 0.4) is 0 Å². The van der Waals surface area contributed by atoms with Gasteiger partial charge in [0.15, 0.2) is 0 Å². The highest BCUT2D eigenvalue weighted by molar-refractivity contribution is 5.81. The minimum Gasteiger partial charge on any atom is -0.477 e. The van der Waals surface area contributed by atoms with Crippen molar-refractivity contribution in [1.29, 1.82) is 0 Å². The number of nitrogens with one attached hydrogen (secondary N) is 1. The summed E-state index contributed by atoms with van der Waals surface area (Å²) in [6.45, 7) is 9.06. The van der Waals surface area contributed by atoms with E-state index in [-0.39, 0.29) is 6.04 Å². The number of hydroxylamine groups is 1. The summed E-state index contributed by atoms with van der Waals surface area (Å²) in [5.74, 6) is 0.611. The van der Waals surface area contributed by atoms with Crippen molar-refractivity contribution in [3.63, 3.8) is 0 Å². The second kappa shape index (κ2) is 11.7. The Hall–Kier alpha value is -0.850. The van der Waals surface area contributed by atoms with E-state index in [2.05, 4.69) is 29.3 Å². The summed E-state index contributed by atoms with van der Waals surface area (Å²) in [6.07, 6.45) is 6.54. The summed E-state index contributed by atoms with van der Waals surface area (Å²) in [5, 5.41) is 15.8. The van der Waals surface area contributed by atoms with Crippen molar-refractivity contribution >= 4 is 5.90 Å². The largest absolute Gasteiger partial charge is 0.477 e. The van der Waals surface area contributed by atoms with Crippen LogP contribution < -0.4 is 5.48 Å². The lowest BCUT2D eigenvalue weighted by molar-refractivity contribution is 0.124. The first-order chi connectivity index (χ1) is 10.7. The van der Waals surface area contributed by atoms with E-state index in [0.29, 0.717) is 12.5 Å². The van der Waals surface area contributed by atoms with Gasteiger partial charge in [0.25, 0.3) is 0 Å². The van der Waals surface area contributed by atoms with E-state index in [9.17, 15) is 5.21 Å². The molecule has 1 rings (SSSR count). The zero-order valence-electron chi connectivity index (χ0n) is 14.6. The van der Waals surface area contributed by atoms with Crippen LogP contribution in [0.5, 0.6) is 0 Å². The maximum absolute atomic E-state index is 9.39. The third-order valence-corrected chi connectivity index (χ3v) is 3.93. The average Bonchev–Trinajstić information content (AvgIpc) is 2.58. The quantitative estimate of drug-likeness (QED) is 0.673. The molecule has 1 heterocycles. The zero-order valence-corrected chi connectivity index (χ0v) is 14.6. The van der Waals surface area contributed by atoms with Crippen LogP contribution in [0.1, 0.15) is 52.4 Å². The number of hydrogen-bond donors (Lipinski definition) is 2. The van der Waals surface area contributed by atoms with Gasteiger partial charge in [-0.05, 0) is 38.8 Å². The Bertz CT molecular complexity index is 307. The Balaban J connectivity index is 2.54. The van der Waals surface area contributed by atoms with Gasteiger partial charge in [0, 0.05) is 20.1 Å². The van der Waals surface area contributed by atoms with Crippen LogP contribution in [0, 0.1) is 0 Å². The standard InChI is InChI=1S/C16H34N4O2/c1-4-10-20(11-5-2)13-14-22-16-15(18-21)9-7-6-8-12-19(3)17-16/h15,18,21H,4-14H2,1-3H3/b17-16+. The van der Waals surface area contributed by atoms with Crippen molar-refractivity contribution in [2.45, 2.75) is 58.4 Å². The molecule has 0 aromatic carbocycles. The second-order valence-corrected chi connectivity index (χ2v) is 6.04. The minimum absolute atomic E-state index is 0.202. The van der Waals surface area contributed by atoms with Gasteiger partial charge in [-0.25, -0.2) is 0 Å². The molecule has 0 fully saturated rings. The predicted molar refractivity (Wildman–Crippen MR) is 90.2 cm³/mol. The summed E-state index contributed by atoms with van der Waals surface area (Å²) >= 11 is 0. The summed E-state index contributed by atoms with van der Waals surface area (Å²) in [5.41, 5.74) is 2.36. The molecule has 0 aliphatic carbocycles. The van der Waals surface area contributed by atoms with Crippen molar-refractivity contribution in [2.75, 3.05) is 39.8 Å². The molecular formula is C16H34N4O2. The Morgan fingerprint density at radius 3 is 2.59 bits per heavy atom. The first kappa shape index (κ1) is 19.2. The van der Waals surface area contributed by atoms with E-state index in [0.717, 1.165) is 64.7 Å². The van der Waals surface area contributed by atoms with Crippen LogP contribution in [0.15, 0.2) is 5.10 Å². The Labute approximate surface area is 135 Å². The number of ether oxygens (including phenoxy) is 1. The van der Waals surface area contributed by atoms with E-state index in [4.69, 9.17) is 4.74 Å². The topological polar surface area (TPSA) is 60.3 Å². The molecule has 0 aromatic rings. The Kier molecular flexibility index (Phi) is 10.2. The van der Waals surface area contributed by atoms with Gasteiger partial charge in [0.05, 0.1) is 0 Å². The van der Waals surface area contributed by atoms with Crippen LogP contribution in [-0.4, -0.2) is 66.9 Å². The van der Waals surface area contributed by atoms with Crippen molar-refractivity contribution in [1.82, 2.24) is 15.4 Å². The fourth-order valence-electron chi connectivity index (χ4n) is 2.77. The van der Waals surface area contributed by atoms with Gasteiger partial charge in [-0.1, -0.05) is 26.7 Å². The fourth-order valence-corrected chi connectivity index (χ4v) is 2.77. The molecule has 130 valence electrons. The first-order valence-corrected chi connectivity index (χ1v) is 8.75. The van der Waals surface area contributed by atoms with E-state index < -0.39 is 0 Å². The van der Waals surface area contributed by atoms with Crippen molar-refractivity contribution in [3.8, 4) is 0 Å². The van der Waals surface area contributed by atoms with E-state index in [1.807, 2.05) is 12.1 Å². The normalized spacial score (nSPS) is 22.7. The van der Waals surface area contributed by atoms with Gasteiger partial charge in [0.1, 0.15) is 12.6 Å². The van der Waals surface area contributed by atoms with Crippen molar-refractivity contribution in [2.24, 2.45) is 5.10 Å². The first-order valence-electron chi connectivity index (χ1n) is 8.75. The minimum atomic E-state index is -0.202. The molecule has 1 unspecified atom stereocenters. The molecule has 0 radical (unpaired) electrons. The second-order valence-electron chi connectivity index (χ2n) is 6.04. The number of hydrogen-bond acceptors (Lipinski definition) is 6. The van der Waals surface area contributed by atoms with Crippen LogP contribution in [0.25, 0.3) is 0 Å². The van der Waals surface area contributed by atoms with Gasteiger partial charge >= 0.3 is 0 Å². The van der Waals surface area contributed by atoms with Crippen LogP contribution in [-0.2, 0) is 4.74 Å². The van der Waals surface area contributed by atoms with Gasteiger partial charge in [-0.3, -0.25) is 9.91 Å². The van der Waals surface area contributed by atoms with Crippen molar-refractivity contribution in [3.05, 3.63) is 0 Å². The Morgan fingerprint density at radius 2 is 1.95 bits per heavy atom. The fraction of sp³-hybridized carbons (Fsp3) is 0.938. The van der Waals surface area contributed by atoms with E-state index >= 15 is 0 Å². The molecule has 6 nitrogen and oxygen atoms in total. The zero-order chi connectivity index (χ0) is 16.2. The maximum Gasteiger partial charge on any atom is 0.225 e. The smallest absolute Gasteiger partial charge is 0.225 e. The molecule has 2 N–H and O–H groups in total. The third-order valence-electron chi connectivity index (χ3n) is 3.93. The lowest BCUT2D eigenvalue weighted by Crippen LogP contribution is -2.39. The highest BCUT2D eigenvalue weighted by Gasteiger charge is 2.19. The third kappa shape index (κ3) is 7.42. The molecule has 0 bridgehead atoms. The van der Waals surface area contributed by atoms with Crippen LogP contribution >= 0.6 is 0 Å².